The molecule has 0 amide bonds. The third kappa shape index (κ3) is 29.3. The van der Waals surface area contributed by atoms with E-state index in [0.717, 1.165) is 79.3 Å². The van der Waals surface area contributed by atoms with E-state index < -0.39 is 0 Å². The fourth-order valence-corrected chi connectivity index (χ4v) is 12.1. The number of pyridine rings is 15. The highest BCUT2D eigenvalue weighted by molar-refractivity contribution is 6.30. The second kappa shape index (κ2) is 44.8. The van der Waals surface area contributed by atoms with Crippen LogP contribution in [-0.4, -0.2) is 104 Å². The molecule has 15 rings (SSSR count). The van der Waals surface area contributed by atoms with E-state index in [4.69, 9.17) is 45.8 Å². The van der Waals surface area contributed by atoms with Crippen molar-refractivity contribution in [3.05, 3.63) is 385 Å². The summed E-state index contributed by atoms with van der Waals surface area (Å²) in [6.45, 7) is 24.6. The summed E-state index contributed by atoms with van der Waals surface area (Å²) in [5.41, 5.74) is 17.1. The molecule has 0 fully saturated rings. The first-order chi connectivity index (χ1) is 61.4. The van der Waals surface area contributed by atoms with E-state index in [1.165, 1.54) is 24.8 Å². The Kier molecular flexibility index (Phi) is 32.4. The second-order valence-corrected chi connectivity index (χ2v) is 30.1. The van der Waals surface area contributed by atoms with E-state index >= 15 is 0 Å². The summed E-state index contributed by atoms with van der Waals surface area (Å²) in [5, 5.41) is 18.3. The average molecular weight is 1720 g/mol. The number of aryl methyl sites for hydroxylation is 13. The van der Waals surface area contributed by atoms with Crippen LogP contribution in [0.15, 0.2) is 238 Å². The monoisotopic (exact) mass is 1720 g/mol. The lowest BCUT2D eigenvalue weighted by Gasteiger charge is -2.09. The lowest BCUT2D eigenvalue weighted by Crippen LogP contribution is -2.09. The highest BCUT2D eigenvalue weighted by Crippen LogP contribution is 2.30. The molecular weight excluding hydrogens is 1630 g/mol. The molecule has 640 valence electrons. The SMILES string of the molecule is Cc1cc(Oc2cncc(Cl)c2)cc(C(=O)Cc2cc(C#N)ccn2)n1.Cc1ccc(CC(=O)c2cc(Oc3ccc(C)nc3)cc(C)n2)nc1.Cc1ccc(CC(=O)c2cc(Oc3ccc(C)nc3)cc(C)n2)nc1.Cc1ccc(Oc2cc(C)nc(C(=O)Cc3cc(C#N)ccn3)c2)cn1.Cc1ccc(Oc2cc(C)nc(C(=O)Cc3ccc(C)c(C)n3)c2)cn1. The molecule has 0 unspecified atom stereocenters. The van der Waals surface area contributed by atoms with Crippen molar-refractivity contribution in [3.63, 3.8) is 0 Å². The molecule has 0 aliphatic heterocycles. The number of hydrogen-bond donors (Lipinski definition) is 0. The third-order valence-electron chi connectivity index (χ3n) is 18.4. The van der Waals surface area contributed by atoms with Crippen LogP contribution in [0.1, 0.15) is 166 Å². The van der Waals surface area contributed by atoms with Gasteiger partial charge in [-0.3, -0.25) is 73.8 Å². The van der Waals surface area contributed by atoms with E-state index in [0.29, 0.717) is 119 Å². The summed E-state index contributed by atoms with van der Waals surface area (Å²) in [7, 11) is 0. The van der Waals surface area contributed by atoms with Crippen molar-refractivity contribution in [1.82, 2.24) is 74.8 Å². The lowest BCUT2D eigenvalue weighted by atomic mass is 10.1. The van der Waals surface area contributed by atoms with Crippen molar-refractivity contribution in [2.75, 3.05) is 0 Å². The Morgan fingerprint density at radius 3 is 0.859 bits per heavy atom. The van der Waals surface area contributed by atoms with Crippen LogP contribution in [0.5, 0.6) is 57.5 Å². The van der Waals surface area contributed by atoms with Crippen LogP contribution in [0, 0.1) is 113 Å². The number of carbonyl (C=O) groups excluding carboxylic acids is 5. The Morgan fingerprint density at radius 1 is 0.273 bits per heavy atom. The number of aromatic nitrogens is 15. The Labute approximate surface area is 745 Å². The highest BCUT2D eigenvalue weighted by atomic mass is 35.5. The molecule has 27 nitrogen and oxygen atoms in total. The van der Waals surface area contributed by atoms with Crippen molar-refractivity contribution < 1.29 is 47.7 Å². The zero-order valence-electron chi connectivity index (χ0n) is 72.6. The summed E-state index contributed by atoms with van der Waals surface area (Å²) < 4.78 is 28.9. The minimum atomic E-state index is -0.217. The molecule has 0 spiro atoms. The molecule has 28 heteroatoms. The van der Waals surface area contributed by atoms with Crippen LogP contribution in [0.4, 0.5) is 0 Å². The number of ketones is 5. The van der Waals surface area contributed by atoms with Gasteiger partial charge in [0.25, 0.3) is 0 Å². The molecule has 0 radical (unpaired) electrons. The number of nitrogens with zero attached hydrogens (tertiary/aromatic N) is 17. The van der Waals surface area contributed by atoms with Gasteiger partial charge in [0.15, 0.2) is 28.9 Å². The summed E-state index contributed by atoms with van der Waals surface area (Å²) in [6.07, 6.45) is 16.9. The Morgan fingerprint density at radius 2 is 0.578 bits per heavy atom. The van der Waals surface area contributed by atoms with Crippen LogP contribution in [0.2, 0.25) is 5.02 Å². The van der Waals surface area contributed by atoms with Crippen LogP contribution < -0.4 is 23.7 Å². The first-order valence-corrected chi connectivity index (χ1v) is 40.6. The van der Waals surface area contributed by atoms with E-state index in [-0.39, 0.29) is 66.7 Å². The van der Waals surface area contributed by atoms with Gasteiger partial charge in [0.05, 0.1) is 91.4 Å². The van der Waals surface area contributed by atoms with Gasteiger partial charge in [0.2, 0.25) is 0 Å². The van der Waals surface area contributed by atoms with Gasteiger partial charge < -0.3 is 23.7 Å². The second-order valence-electron chi connectivity index (χ2n) is 29.7. The molecule has 0 atom stereocenters. The molecule has 15 aromatic rings. The zero-order valence-corrected chi connectivity index (χ0v) is 73.4. The normalized spacial score (nSPS) is 10.4. The topological polar surface area (TPSA) is 372 Å². The Hall–Kier alpha value is -16.1. The summed E-state index contributed by atoms with van der Waals surface area (Å²) in [5.74, 6) is 4.92. The molecule has 0 saturated carbocycles. The predicted molar refractivity (Wildman–Crippen MR) is 480 cm³/mol. The van der Waals surface area contributed by atoms with E-state index in [9.17, 15) is 24.0 Å². The molecule has 15 aromatic heterocycles. The number of carbonyl (C=O) groups is 5. The minimum absolute atomic E-state index is 0.0458. The van der Waals surface area contributed by atoms with E-state index in [2.05, 4.69) is 74.8 Å². The highest BCUT2D eigenvalue weighted by Gasteiger charge is 2.20. The van der Waals surface area contributed by atoms with Crippen molar-refractivity contribution >= 4 is 40.5 Å². The average Bonchev–Trinajstić information content (AvgIpc) is 0.854. The van der Waals surface area contributed by atoms with Gasteiger partial charge in [-0.1, -0.05) is 29.8 Å². The van der Waals surface area contributed by atoms with Crippen LogP contribution in [-0.2, 0) is 32.1 Å². The quantitative estimate of drug-likeness (QED) is 0.0480. The van der Waals surface area contributed by atoms with Crippen molar-refractivity contribution in [3.8, 4) is 69.6 Å². The van der Waals surface area contributed by atoms with E-state index in [1.807, 2.05) is 173 Å². The Bertz CT molecular complexity index is 6420. The fraction of sp³-hybridized carbons (Fsp3) is 0.180. The first kappa shape index (κ1) is 92.6. The standard InChI is InChI=1S/C21H21N3O2.C20H16N4O2.2C20H19N3O2.C19H13ClN4O2/c1-13-5-7-17(24-16(13)4)10-21(25)20-11-19(9-15(3)23-20)26-18-8-6-14(2)22-12-18;1-13-3-4-17(12-23-13)26-18-7-14(2)24-19(10-18)20(25)9-16-8-15(11-21)5-6-22-16;2*1-13-4-6-16(22-11-13)9-20(24)19-10-18(8-15(3)23-19)25-17-7-5-14(2)21-12-17;1-12-4-16(26-17-6-14(20)10-22-11-17)8-18(24-12)19(25)7-15-5-13(9-21)2-3-23-15/h5-9,11-12H,10H2,1-4H3;3-8,10,12H,9H2,1-2H3;2*4-8,10-12H,9H2,1-3H3;2-6,8,10-11H,7H2,1H3. The van der Waals surface area contributed by atoms with Gasteiger partial charge in [0.1, 0.15) is 86.0 Å². The van der Waals surface area contributed by atoms with Gasteiger partial charge in [-0.15, -0.1) is 0 Å². The van der Waals surface area contributed by atoms with Gasteiger partial charge in [-0.25, -0.2) is 24.9 Å². The molecule has 0 aliphatic rings. The molecule has 0 aromatic carbocycles. The molecule has 0 aliphatic carbocycles. The zero-order chi connectivity index (χ0) is 91.3. The maximum atomic E-state index is 12.6. The maximum Gasteiger partial charge on any atom is 0.187 e. The largest absolute Gasteiger partial charge is 0.456 e. The number of halogens is 1. The number of ether oxygens (including phenoxy) is 5. The van der Waals surface area contributed by atoms with Crippen molar-refractivity contribution in [1.29, 1.82) is 10.5 Å². The molecule has 15 heterocycles. The number of Topliss-reactive ketones (excluding diaryl/α,β-unsaturated/α-hetero) is 5. The van der Waals surface area contributed by atoms with Crippen molar-refractivity contribution in [2.24, 2.45) is 0 Å². The maximum absolute atomic E-state index is 12.6. The third-order valence-corrected chi connectivity index (χ3v) is 18.6. The molecular formula is C100H88ClN17O10. The lowest BCUT2D eigenvalue weighted by molar-refractivity contribution is 0.0978. The molecule has 128 heavy (non-hydrogen) atoms. The summed E-state index contributed by atoms with van der Waals surface area (Å²) in [4.78, 5) is 126. The number of nitriles is 2. The summed E-state index contributed by atoms with van der Waals surface area (Å²) in [6, 6.07) is 55.3. The first-order valence-electron chi connectivity index (χ1n) is 40.2. The van der Waals surface area contributed by atoms with E-state index in [1.54, 1.807) is 142 Å². The van der Waals surface area contributed by atoms with Crippen molar-refractivity contribution in [2.45, 2.75) is 122 Å². The summed E-state index contributed by atoms with van der Waals surface area (Å²) >= 11 is 5.90. The molecule has 0 bridgehead atoms. The van der Waals surface area contributed by atoms with Crippen LogP contribution in [0.3, 0.4) is 0 Å². The molecule has 0 saturated heterocycles. The van der Waals surface area contributed by atoms with Crippen LogP contribution in [0.25, 0.3) is 0 Å². The predicted octanol–water partition coefficient (Wildman–Crippen LogP) is 19.9. The van der Waals surface area contributed by atoms with Gasteiger partial charge in [-0.2, -0.15) is 10.5 Å². The number of rotatable bonds is 25. The van der Waals surface area contributed by atoms with Crippen LogP contribution >= 0.6 is 11.6 Å². The fourth-order valence-electron chi connectivity index (χ4n) is 11.9. The molecule has 0 N–H and O–H groups in total. The smallest absolute Gasteiger partial charge is 0.187 e. The van der Waals surface area contributed by atoms with Gasteiger partial charge >= 0.3 is 0 Å². The van der Waals surface area contributed by atoms with Gasteiger partial charge in [-0.05, 0) is 198 Å². The Balaban J connectivity index is 0.000000155. The number of hydrogen-bond acceptors (Lipinski definition) is 27. The van der Waals surface area contributed by atoms with Gasteiger partial charge in [0, 0.05) is 183 Å². The minimum Gasteiger partial charge on any atom is -0.456 e.